The Hall–Kier alpha value is -1.14. The van der Waals surface area contributed by atoms with Crippen LogP contribution in [0.25, 0.3) is 0 Å². The van der Waals surface area contributed by atoms with E-state index < -0.39 is 11.5 Å². The number of methoxy groups -OCH3 is 1. The Morgan fingerprint density at radius 2 is 2.06 bits per heavy atom. The highest BCUT2D eigenvalue weighted by Crippen LogP contribution is 2.30. The standard InChI is InChI=1S/C10H19N3O3/c1-13(2)6-8(14)12-7-4-10(11,5-7)9(15)16-3/h7H,4-6,11H2,1-3H3,(H,12,14). The van der Waals surface area contributed by atoms with E-state index in [9.17, 15) is 9.59 Å². The van der Waals surface area contributed by atoms with Crippen LogP contribution in [0.15, 0.2) is 0 Å². The smallest absolute Gasteiger partial charge is 0.325 e. The van der Waals surface area contributed by atoms with Gasteiger partial charge in [0.25, 0.3) is 0 Å². The molecule has 0 aromatic heterocycles. The van der Waals surface area contributed by atoms with Gasteiger partial charge in [-0.25, -0.2) is 0 Å². The molecule has 1 fully saturated rings. The maximum atomic E-state index is 11.4. The van der Waals surface area contributed by atoms with Gasteiger partial charge in [-0.1, -0.05) is 0 Å². The fourth-order valence-electron chi connectivity index (χ4n) is 1.85. The number of esters is 1. The highest BCUT2D eigenvalue weighted by molar-refractivity contribution is 5.83. The van der Waals surface area contributed by atoms with Crippen molar-refractivity contribution in [3.8, 4) is 0 Å². The van der Waals surface area contributed by atoms with Crippen LogP contribution in [0.3, 0.4) is 0 Å². The fourth-order valence-corrected chi connectivity index (χ4v) is 1.85. The van der Waals surface area contributed by atoms with Crippen molar-refractivity contribution in [1.29, 1.82) is 0 Å². The largest absolute Gasteiger partial charge is 0.468 e. The average molecular weight is 229 g/mol. The quantitative estimate of drug-likeness (QED) is 0.585. The molecule has 1 aliphatic carbocycles. The molecule has 0 saturated heterocycles. The number of rotatable bonds is 4. The van der Waals surface area contributed by atoms with Gasteiger partial charge < -0.3 is 20.7 Å². The molecular formula is C10H19N3O3. The van der Waals surface area contributed by atoms with E-state index in [4.69, 9.17) is 5.73 Å². The molecule has 0 heterocycles. The zero-order valence-corrected chi connectivity index (χ0v) is 9.95. The van der Waals surface area contributed by atoms with Crippen molar-refractivity contribution in [2.45, 2.75) is 24.4 Å². The lowest BCUT2D eigenvalue weighted by Gasteiger charge is -2.42. The first-order valence-electron chi connectivity index (χ1n) is 5.19. The first-order valence-corrected chi connectivity index (χ1v) is 5.19. The number of ether oxygens (including phenoxy) is 1. The number of likely N-dealkylation sites (N-methyl/N-ethyl adjacent to an activating group) is 1. The summed E-state index contributed by atoms with van der Waals surface area (Å²) in [5.41, 5.74) is 4.88. The van der Waals surface area contributed by atoms with Gasteiger partial charge >= 0.3 is 5.97 Å². The van der Waals surface area contributed by atoms with Crippen LogP contribution in [-0.2, 0) is 14.3 Å². The van der Waals surface area contributed by atoms with E-state index in [0.29, 0.717) is 19.4 Å². The molecule has 3 N–H and O–H groups in total. The molecule has 0 radical (unpaired) electrons. The van der Waals surface area contributed by atoms with Crippen molar-refractivity contribution in [2.24, 2.45) is 5.73 Å². The van der Waals surface area contributed by atoms with Gasteiger partial charge in [-0.2, -0.15) is 0 Å². The summed E-state index contributed by atoms with van der Waals surface area (Å²) < 4.78 is 4.59. The Kier molecular flexibility index (Phi) is 3.88. The fraction of sp³-hybridized carbons (Fsp3) is 0.800. The van der Waals surface area contributed by atoms with Crippen molar-refractivity contribution in [1.82, 2.24) is 10.2 Å². The number of hydrogen-bond acceptors (Lipinski definition) is 5. The van der Waals surface area contributed by atoms with Crippen molar-refractivity contribution < 1.29 is 14.3 Å². The molecule has 1 amide bonds. The van der Waals surface area contributed by atoms with Crippen molar-refractivity contribution in [3.05, 3.63) is 0 Å². The summed E-state index contributed by atoms with van der Waals surface area (Å²) in [6.07, 6.45) is 0.887. The molecule has 92 valence electrons. The number of nitrogens with two attached hydrogens (primary N) is 1. The summed E-state index contributed by atoms with van der Waals surface area (Å²) in [4.78, 5) is 24.4. The summed E-state index contributed by atoms with van der Waals surface area (Å²) in [5, 5.41) is 2.81. The Balaban J connectivity index is 2.31. The molecule has 0 spiro atoms. The van der Waals surface area contributed by atoms with Gasteiger partial charge in [-0.05, 0) is 26.9 Å². The van der Waals surface area contributed by atoms with Crippen LogP contribution in [0.5, 0.6) is 0 Å². The van der Waals surface area contributed by atoms with Crippen molar-refractivity contribution >= 4 is 11.9 Å². The van der Waals surface area contributed by atoms with E-state index in [1.165, 1.54) is 7.11 Å². The predicted octanol–water partition coefficient (Wildman–Crippen LogP) is -1.30. The number of nitrogens with one attached hydrogen (secondary N) is 1. The molecule has 6 heteroatoms. The van der Waals surface area contributed by atoms with Gasteiger partial charge in [0.1, 0.15) is 5.54 Å². The lowest BCUT2D eigenvalue weighted by molar-refractivity contribution is -0.152. The predicted molar refractivity (Wildman–Crippen MR) is 58.7 cm³/mol. The summed E-state index contributed by atoms with van der Waals surface area (Å²) in [6.45, 7) is 0.340. The van der Waals surface area contributed by atoms with Crippen molar-refractivity contribution in [3.63, 3.8) is 0 Å². The van der Waals surface area contributed by atoms with Gasteiger partial charge in [0.15, 0.2) is 0 Å². The molecular weight excluding hydrogens is 210 g/mol. The molecule has 0 aromatic rings. The van der Waals surface area contributed by atoms with Gasteiger partial charge in [-0.15, -0.1) is 0 Å². The number of hydrogen-bond donors (Lipinski definition) is 2. The van der Waals surface area contributed by atoms with Gasteiger partial charge in [-0.3, -0.25) is 9.59 Å². The Labute approximate surface area is 95.1 Å². The zero-order valence-electron chi connectivity index (χ0n) is 9.95. The average Bonchev–Trinajstić information content (AvgIpc) is 2.12. The van der Waals surface area contributed by atoms with Crippen LogP contribution in [0.2, 0.25) is 0 Å². The molecule has 0 atom stereocenters. The molecule has 1 rings (SSSR count). The highest BCUT2D eigenvalue weighted by atomic mass is 16.5. The van der Waals surface area contributed by atoms with Crippen LogP contribution in [0, 0.1) is 0 Å². The second-order valence-electron chi connectivity index (χ2n) is 4.56. The summed E-state index contributed by atoms with van der Waals surface area (Å²) in [5.74, 6) is -0.465. The van der Waals surface area contributed by atoms with E-state index in [0.717, 1.165) is 0 Å². The summed E-state index contributed by atoms with van der Waals surface area (Å²) in [7, 11) is 4.96. The molecule has 1 saturated carbocycles. The lowest BCUT2D eigenvalue weighted by atomic mass is 9.73. The van der Waals surface area contributed by atoms with E-state index in [2.05, 4.69) is 10.1 Å². The topological polar surface area (TPSA) is 84.7 Å². The Morgan fingerprint density at radius 1 is 1.50 bits per heavy atom. The monoisotopic (exact) mass is 229 g/mol. The molecule has 16 heavy (non-hydrogen) atoms. The van der Waals surface area contributed by atoms with E-state index in [1.807, 2.05) is 14.1 Å². The van der Waals surface area contributed by atoms with Crippen LogP contribution in [-0.4, -0.2) is 56.1 Å². The second-order valence-corrected chi connectivity index (χ2v) is 4.56. The van der Waals surface area contributed by atoms with Crippen LogP contribution < -0.4 is 11.1 Å². The Bertz CT molecular complexity index is 285. The molecule has 0 bridgehead atoms. The number of carbonyl (C=O) groups excluding carboxylic acids is 2. The molecule has 0 aromatic carbocycles. The minimum absolute atomic E-state index is 0.0171. The maximum Gasteiger partial charge on any atom is 0.325 e. The Morgan fingerprint density at radius 3 is 2.50 bits per heavy atom. The van der Waals surface area contributed by atoms with Crippen LogP contribution in [0.4, 0.5) is 0 Å². The summed E-state index contributed by atoms with van der Waals surface area (Å²) in [6, 6.07) is -0.0171. The SMILES string of the molecule is COC(=O)C1(N)CC(NC(=O)CN(C)C)C1. The first-order chi connectivity index (χ1) is 7.37. The summed E-state index contributed by atoms with van der Waals surface area (Å²) >= 11 is 0. The second kappa shape index (κ2) is 4.80. The third-order valence-corrected chi connectivity index (χ3v) is 2.64. The maximum absolute atomic E-state index is 11.4. The lowest BCUT2D eigenvalue weighted by Crippen LogP contribution is -2.65. The number of carbonyl (C=O) groups is 2. The number of amides is 1. The van der Waals surface area contributed by atoms with Gasteiger partial charge in [0.2, 0.25) is 5.91 Å². The third kappa shape index (κ3) is 2.93. The van der Waals surface area contributed by atoms with E-state index in [-0.39, 0.29) is 11.9 Å². The minimum Gasteiger partial charge on any atom is -0.468 e. The number of nitrogens with zero attached hydrogens (tertiary/aromatic N) is 1. The van der Waals surface area contributed by atoms with Crippen LogP contribution >= 0.6 is 0 Å². The molecule has 0 aliphatic heterocycles. The van der Waals surface area contributed by atoms with Crippen molar-refractivity contribution in [2.75, 3.05) is 27.7 Å². The van der Waals surface area contributed by atoms with E-state index >= 15 is 0 Å². The highest BCUT2D eigenvalue weighted by Gasteiger charge is 2.48. The minimum atomic E-state index is -0.912. The van der Waals surface area contributed by atoms with E-state index in [1.54, 1.807) is 4.90 Å². The van der Waals surface area contributed by atoms with Gasteiger partial charge in [0, 0.05) is 6.04 Å². The first kappa shape index (κ1) is 12.9. The zero-order chi connectivity index (χ0) is 12.3. The normalized spacial score (nSPS) is 28.4. The molecule has 0 unspecified atom stereocenters. The van der Waals surface area contributed by atoms with Gasteiger partial charge in [0.05, 0.1) is 13.7 Å². The van der Waals surface area contributed by atoms with Crippen LogP contribution in [0.1, 0.15) is 12.8 Å². The third-order valence-electron chi connectivity index (χ3n) is 2.64. The molecule has 1 aliphatic rings. The molecule has 6 nitrogen and oxygen atoms in total.